The number of aromatic nitrogens is 1. The monoisotopic (exact) mass is 372 g/mol. The van der Waals surface area contributed by atoms with E-state index in [2.05, 4.69) is 15.6 Å². The van der Waals surface area contributed by atoms with Crippen LogP contribution in [0.15, 0.2) is 18.2 Å². The first-order valence-electron chi connectivity index (χ1n) is 8.78. The lowest BCUT2D eigenvalue weighted by atomic mass is 9.82. The van der Waals surface area contributed by atoms with Gasteiger partial charge in [0.15, 0.2) is 0 Å². The lowest BCUT2D eigenvalue weighted by Crippen LogP contribution is -2.48. The van der Waals surface area contributed by atoms with Gasteiger partial charge in [0, 0.05) is 5.69 Å². The quantitative estimate of drug-likeness (QED) is 0.811. The number of carbonyl (C=O) groups is 3. The van der Waals surface area contributed by atoms with E-state index >= 15 is 0 Å². The predicted octanol–water partition coefficient (Wildman–Crippen LogP) is 2.80. The summed E-state index contributed by atoms with van der Waals surface area (Å²) in [6.07, 6.45) is 4.21. The van der Waals surface area contributed by atoms with Crippen molar-refractivity contribution in [3.05, 3.63) is 23.2 Å². The Kier molecular flexibility index (Phi) is 4.14. The molecule has 0 radical (unpaired) electrons. The maximum absolute atomic E-state index is 12.7. The van der Waals surface area contributed by atoms with Gasteiger partial charge < -0.3 is 10.6 Å². The molecule has 1 aromatic carbocycles. The van der Waals surface area contributed by atoms with Crippen molar-refractivity contribution in [1.29, 1.82) is 0 Å². The molecule has 136 valence electrons. The van der Waals surface area contributed by atoms with E-state index in [1.165, 1.54) is 0 Å². The van der Waals surface area contributed by atoms with Gasteiger partial charge in [0.25, 0.3) is 5.91 Å². The molecule has 1 aliphatic heterocycles. The first-order valence-corrected chi connectivity index (χ1v) is 9.60. The molecule has 1 aliphatic carbocycles. The normalized spacial score (nSPS) is 19.2. The molecule has 0 atom stereocenters. The topological polar surface area (TPSA) is 91.4 Å². The van der Waals surface area contributed by atoms with Crippen LogP contribution in [0.4, 0.5) is 10.5 Å². The molecule has 8 heteroatoms. The number of amides is 4. The number of anilines is 1. The predicted molar refractivity (Wildman–Crippen MR) is 99.0 cm³/mol. The molecule has 2 fully saturated rings. The van der Waals surface area contributed by atoms with Crippen LogP contribution in [0.2, 0.25) is 0 Å². The Bertz CT molecular complexity index is 901. The first kappa shape index (κ1) is 17.0. The molecular weight excluding hydrogens is 352 g/mol. The zero-order valence-electron chi connectivity index (χ0n) is 14.5. The van der Waals surface area contributed by atoms with E-state index in [0.29, 0.717) is 18.5 Å². The van der Waals surface area contributed by atoms with E-state index < -0.39 is 11.6 Å². The van der Waals surface area contributed by atoms with E-state index in [1.807, 2.05) is 19.1 Å². The van der Waals surface area contributed by atoms with Crippen molar-refractivity contribution >= 4 is 45.1 Å². The molecule has 7 nitrogen and oxygen atoms in total. The Balaban J connectivity index is 1.45. The van der Waals surface area contributed by atoms with Crippen LogP contribution in [0.3, 0.4) is 0 Å². The summed E-state index contributed by atoms with van der Waals surface area (Å²) in [5.74, 6) is -0.659. The highest BCUT2D eigenvalue weighted by Crippen LogP contribution is 2.33. The number of carbonyl (C=O) groups excluding carboxylic acids is 3. The average molecular weight is 372 g/mol. The van der Waals surface area contributed by atoms with Gasteiger partial charge in [-0.2, -0.15) is 0 Å². The van der Waals surface area contributed by atoms with Gasteiger partial charge in [-0.3, -0.25) is 14.5 Å². The van der Waals surface area contributed by atoms with Gasteiger partial charge >= 0.3 is 6.03 Å². The standard InChI is InChI=1S/C18H20N4O3S/c1-11-19-13-6-5-12(9-14(13)26-11)20-15(23)10-22-16(24)18(21-17(22)25)7-3-2-4-8-18/h5-6,9H,2-4,7-8,10H2,1H3,(H,20,23)(H,21,25). The SMILES string of the molecule is Cc1nc2ccc(NC(=O)CN3C(=O)NC4(CCCCC4)C3=O)cc2s1. The van der Waals surface area contributed by atoms with Crippen LogP contribution in [0.25, 0.3) is 10.2 Å². The summed E-state index contributed by atoms with van der Waals surface area (Å²) in [5, 5.41) is 6.54. The van der Waals surface area contributed by atoms with Crippen molar-refractivity contribution in [2.45, 2.75) is 44.6 Å². The van der Waals surface area contributed by atoms with Crippen molar-refractivity contribution in [3.63, 3.8) is 0 Å². The number of nitrogens with one attached hydrogen (secondary N) is 2. The molecule has 0 bridgehead atoms. The number of hydrogen-bond acceptors (Lipinski definition) is 5. The number of thiazole rings is 1. The van der Waals surface area contributed by atoms with Crippen LogP contribution in [0.5, 0.6) is 0 Å². The van der Waals surface area contributed by atoms with Gasteiger partial charge in [0.05, 0.1) is 15.2 Å². The van der Waals surface area contributed by atoms with Gasteiger partial charge in [0.1, 0.15) is 12.1 Å². The highest BCUT2D eigenvalue weighted by molar-refractivity contribution is 7.18. The second kappa shape index (κ2) is 6.35. The van der Waals surface area contributed by atoms with Crippen LogP contribution in [-0.2, 0) is 9.59 Å². The second-order valence-electron chi connectivity index (χ2n) is 6.93. The van der Waals surface area contributed by atoms with E-state index in [0.717, 1.165) is 39.4 Å². The molecular formula is C18H20N4O3S. The molecule has 2 aliphatic rings. The molecule has 2 N–H and O–H groups in total. The summed E-state index contributed by atoms with van der Waals surface area (Å²) >= 11 is 1.55. The fourth-order valence-electron chi connectivity index (χ4n) is 3.78. The van der Waals surface area contributed by atoms with E-state index in [4.69, 9.17) is 0 Å². The number of hydrogen-bond donors (Lipinski definition) is 2. The van der Waals surface area contributed by atoms with Crippen LogP contribution < -0.4 is 10.6 Å². The molecule has 0 unspecified atom stereocenters. The molecule has 1 saturated heterocycles. The molecule has 1 aromatic heterocycles. The van der Waals surface area contributed by atoms with Gasteiger partial charge in [-0.15, -0.1) is 11.3 Å². The highest BCUT2D eigenvalue weighted by Gasteiger charge is 2.51. The second-order valence-corrected chi connectivity index (χ2v) is 8.16. The molecule has 1 saturated carbocycles. The molecule has 4 rings (SSSR count). The number of rotatable bonds is 3. The molecule has 26 heavy (non-hydrogen) atoms. The van der Waals surface area contributed by atoms with Gasteiger partial charge in [-0.25, -0.2) is 9.78 Å². The summed E-state index contributed by atoms with van der Waals surface area (Å²) in [4.78, 5) is 42.7. The largest absolute Gasteiger partial charge is 0.325 e. The number of nitrogens with zero attached hydrogens (tertiary/aromatic N) is 2. The van der Waals surface area contributed by atoms with Crippen LogP contribution in [0.1, 0.15) is 37.1 Å². The zero-order valence-corrected chi connectivity index (χ0v) is 15.3. The first-order chi connectivity index (χ1) is 12.5. The van der Waals surface area contributed by atoms with Crippen molar-refractivity contribution < 1.29 is 14.4 Å². The Hall–Kier alpha value is -2.48. The van der Waals surface area contributed by atoms with Crippen molar-refractivity contribution in [2.75, 3.05) is 11.9 Å². The van der Waals surface area contributed by atoms with E-state index in [1.54, 1.807) is 17.4 Å². The fourth-order valence-corrected chi connectivity index (χ4v) is 4.64. The minimum Gasteiger partial charge on any atom is -0.324 e. The van der Waals surface area contributed by atoms with E-state index in [-0.39, 0.29) is 18.4 Å². The third-order valence-corrected chi connectivity index (χ3v) is 5.97. The Labute approximate surface area is 154 Å². The summed E-state index contributed by atoms with van der Waals surface area (Å²) in [6.45, 7) is 1.66. The maximum atomic E-state index is 12.7. The fraction of sp³-hybridized carbons (Fsp3) is 0.444. The smallest absolute Gasteiger partial charge is 0.324 e. The summed E-state index contributed by atoms with van der Waals surface area (Å²) in [7, 11) is 0. The molecule has 2 aromatic rings. The summed E-state index contributed by atoms with van der Waals surface area (Å²) < 4.78 is 0.983. The van der Waals surface area contributed by atoms with Gasteiger partial charge in [-0.1, -0.05) is 19.3 Å². The van der Waals surface area contributed by atoms with Crippen molar-refractivity contribution in [3.8, 4) is 0 Å². The Morgan fingerprint density at radius 2 is 2.08 bits per heavy atom. The maximum Gasteiger partial charge on any atom is 0.325 e. The summed E-state index contributed by atoms with van der Waals surface area (Å²) in [6, 6.07) is 5.00. The number of benzene rings is 1. The lowest BCUT2D eigenvalue weighted by molar-refractivity contribution is -0.134. The van der Waals surface area contributed by atoms with Crippen LogP contribution in [0, 0.1) is 6.92 Å². The van der Waals surface area contributed by atoms with Crippen LogP contribution >= 0.6 is 11.3 Å². The summed E-state index contributed by atoms with van der Waals surface area (Å²) in [5.41, 5.74) is 0.721. The minimum atomic E-state index is -0.797. The average Bonchev–Trinajstić information content (AvgIpc) is 3.07. The van der Waals surface area contributed by atoms with Crippen molar-refractivity contribution in [1.82, 2.24) is 15.2 Å². The molecule has 1 spiro atoms. The highest BCUT2D eigenvalue weighted by atomic mass is 32.1. The number of imide groups is 1. The number of aryl methyl sites for hydroxylation is 1. The number of fused-ring (bicyclic) bond motifs is 1. The molecule has 4 amide bonds. The third-order valence-electron chi connectivity index (χ3n) is 5.03. The Morgan fingerprint density at radius 1 is 1.31 bits per heavy atom. The van der Waals surface area contributed by atoms with Crippen LogP contribution in [-0.4, -0.2) is 39.8 Å². The minimum absolute atomic E-state index is 0.272. The van der Waals surface area contributed by atoms with Gasteiger partial charge in [0.2, 0.25) is 5.91 Å². The number of urea groups is 1. The van der Waals surface area contributed by atoms with Gasteiger partial charge in [-0.05, 0) is 38.0 Å². The third kappa shape index (κ3) is 2.94. The van der Waals surface area contributed by atoms with E-state index in [9.17, 15) is 14.4 Å². The zero-order chi connectivity index (χ0) is 18.3. The lowest BCUT2D eigenvalue weighted by Gasteiger charge is -2.30. The Morgan fingerprint density at radius 3 is 2.85 bits per heavy atom. The molecule has 2 heterocycles. The van der Waals surface area contributed by atoms with Crippen molar-refractivity contribution in [2.24, 2.45) is 0 Å².